The fourth-order valence-corrected chi connectivity index (χ4v) is 3.12. The SMILES string of the molecule is O=C(Nc1cc(Cl)cc(Cl)c1)C1CCCN1CCOCCO. The molecule has 1 heterocycles. The standard InChI is InChI=1S/C15H20Cl2N2O3/c16-11-8-12(17)10-13(9-11)18-15(21)14-2-1-3-19(14)4-6-22-7-5-20/h8-10,14,20H,1-7H2,(H,18,21). The summed E-state index contributed by atoms with van der Waals surface area (Å²) < 4.78 is 5.26. The Bertz CT molecular complexity index is 493. The molecule has 1 atom stereocenters. The van der Waals surface area contributed by atoms with Crippen molar-refractivity contribution in [2.45, 2.75) is 18.9 Å². The Hall–Kier alpha value is -0.850. The molecule has 2 N–H and O–H groups in total. The number of halogens is 2. The molecule has 0 bridgehead atoms. The number of aliphatic hydroxyl groups is 1. The zero-order valence-electron chi connectivity index (χ0n) is 12.2. The summed E-state index contributed by atoms with van der Waals surface area (Å²) in [5, 5.41) is 12.5. The summed E-state index contributed by atoms with van der Waals surface area (Å²) in [4.78, 5) is 14.5. The second-order valence-electron chi connectivity index (χ2n) is 5.18. The van der Waals surface area contributed by atoms with Gasteiger partial charge in [0.25, 0.3) is 0 Å². The largest absolute Gasteiger partial charge is 0.394 e. The maximum Gasteiger partial charge on any atom is 0.241 e. The van der Waals surface area contributed by atoms with E-state index in [4.69, 9.17) is 33.0 Å². The molecule has 1 saturated heterocycles. The first-order chi connectivity index (χ1) is 10.6. The number of aliphatic hydroxyl groups excluding tert-OH is 1. The normalized spacial score (nSPS) is 18.6. The van der Waals surface area contributed by atoms with E-state index in [9.17, 15) is 4.79 Å². The molecular formula is C15H20Cl2N2O3. The van der Waals surface area contributed by atoms with Crippen molar-refractivity contribution in [1.29, 1.82) is 0 Å². The highest BCUT2D eigenvalue weighted by Crippen LogP contribution is 2.24. The Labute approximate surface area is 140 Å². The lowest BCUT2D eigenvalue weighted by Crippen LogP contribution is -2.41. The fourth-order valence-electron chi connectivity index (χ4n) is 2.59. The van der Waals surface area contributed by atoms with E-state index in [0.717, 1.165) is 19.4 Å². The van der Waals surface area contributed by atoms with Crippen molar-refractivity contribution < 1.29 is 14.6 Å². The topological polar surface area (TPSA) is 61.8 Å². The summed E-state index contributed by atoms with van der Waals surface area (Å²) in [6.07, 6.45) is 1.80. The Balaban J connectivity index is 1.90. The van der Waals surface area contributed by atoms with Gasteiger partial charge >= 0.3 is 0 Å². The molecule has 1 fully saturated rings. The zero-order chi connectivity index (χ0) is 15.9. The average Bonchev–Trinajstić information content (AvgIpc) is 2.91. The molecule has 1 amide bonds. The second kappa shape index (κ2) is 8.70. The van der Waals surface area contributed by atoms with E-state index in [2.05, 4.69) is 10.2 Å². The lowest BCUT2D eigenvalue weighted by atomic mass is 10.2. The molecule has 1 aliphatic heterocycles. The van der Waals surface area contributed by atoms with Crippen molar-refractivity contribution in [3.63, 3.8) is 0 Å². The Morgan fingerprint density at radius 1 is 1.32 bits per heavy atom. The molecule has 2 rings (SSSR count). The number of hydrogen-bond acceptors (Lipinski definition) is 4. The van der Waals surface area contributed by atoms with E-state index in [1.54, 1.807) is 18.2 Å². The number of likely N-dealkylation sites (tertiary alicyclic amines) is 1. The van der Waals surface area contributed by atoms with Gasteiger partial charge in [-0.25, -0.2) is 0 Å². The van der Waals surface area contributed by atoms with Crippen molar-refractivity contribution in [2.75, 3.05) is 38.2 Å². The molecule has 7 heteroatoms. The third-order valence-corrected chi connectivity index (χ3v) is 3.99. The van der Waals surface area contributed by atoms with Crippen LogP contribution in [-0.2, 0) is 9.53 Å². The highest BCUT2D eigenvalue weighted by molar-refractivity contribution is 6.35. The van der Waals surface area contributed by atoms with Gasteiger partial charge in [-0.1, -0.05) is 23.2 Å². The molecule has 1 aromatic carbocycles. The van der Waals surface area contributed by atoms with Crippen molar-refractivity contribution in [3.05, 3.63) is 28.2 Å². The van der Waals surface area contributed by atoms with Crippen LogP contribution in [0.1, 0.15) is 12.8 Å². The van der Waals surface area contributed by atoms with Gasteiger partial charge in [-0.3, -0.25) is 9.69 Å². The van der Waals surface area contributed by atoms with Crippen LogP contribution in [0.25, 0.3) is 0 Å². The number of carbonyl (C=O) groups is 1. The van der Waals surface area contributed by atoms with Gasteiger partial charge in [0.15, 0.2) is 0 Å². The Kier molecular flexibility index (Phi) is 6.92. The van der Waals surface area contributed by atoms with Crippen molar-refractivity contribution in [1.82, 2.24) is 4.90 Å². The summed E-state index contributed by atoms with van der Waals surface area (Å²) in [5.74, 6) is -0.0574. The van der Waals surface area contributed by atoms with Gasteiger partial charge in [0.05, 0.1) is 25.9 Å². The number of hydrogen-bond donors (Lipinski definition) is 2. The van der Waals surface area contributed by atoms with E-state index in [1.807, 2.05) is 0 Å². The predicted octanol–water partition coefficient (Wildman–Crippen LogP) is 2.41. The number of carbonyl (C=O) groups excluding carboxylic acids is 1. The van der Waals surface area contributed by atoms with Gasteiger partial charge in [0.2, 0.25) is 5.91 Å². The molecule has 5 nitrogen and oxygen atoms in total. The molecule has 22 heavy (non-hydrogen) atoms. The number of anilines is 1. The highest BCUT2D eigenvalue weighted by atomic mass is 35.5. The lowest BCUT2D eigenvalue weighted by molar-refractivity contribution is -0.120. The van der Waals surface area contributed by atoms with Crippen LogP contribution in [-0.4, -0.2) is 54.9 Å². The second-order valence-corrected chi connectivity index (χ2v) is 6.05. The molecule has 122 valence electrons. The van der Waals surface area contributed by atoms with Gasteiger partial charge in [0.1, 0.15) is 0 Å². The molecule has 0 aromatic heterocycles. The van der Waals surface area contributed by atoms with Crippen LogP contribution < -0.4 is 5.32 Å². The Morgan fingerprint density at radius 2 is 2.05 bits per heavy atom. The van der Waals surface area contributed by atoms with Crippen molar-refractivity contribution in [2.24, 2.45) is 0 Å². The average molecular weight is 347 g/mol. The number of benzene rings is 1. The lowest BCUT2D eigenvalue weighted by Gasteiger charge is -2.23. The maximum absolute atomic E-state index is 12.4. The number of rotatable bonds is 7. The van der Waals surface area contributed by atoms with Crippen LogP contribution in [0, 0.1) is 0 Å². The summed E-state index contributed by atoms with van der Waals surface area (Å²) in [6.45, 7) is 2.39. The predicted molar refractivity (Wildman–Crippen MR) is 87.6 cm³/mol. The molecule has 0 spiro atoms. The van der Waals surface area contributed by atoms with Gasteiger partial charge in [-0.15, -0.1) is 0 Å². The fraction of sp³-hybridized carbons (Fsp3) is 0.533. The minimum atomic E-state index is -0.171. The number of ether oxygens (including phenoxy) is 1. The van der Waals surface area contributed by atoms with Crippen LogP contribution in [0.3, 0.4) is 0 Å². The van der Waals surface area contributed by atoms with Gasteiger partial charge in [-0.2, -0.15) is 0 Å². The smallest absolute Gasteiger partial charge is 0.241 e. The first-order valence-corrected chi connectivity index (χ1v) is 8.05. The third kappa shape index (κ3) is 5.11. The number of amides is 1. The molecule has 1 aromatic rings. The van der Waals surface area contributed by atoms with Crippen LogP contribution in [0.2, 0.25) is 10.0 Å². The summed E-state index contributed by atoms with van der Waals surface area (Å²) in [7, 11) is 0. The van der Waals surface area contributed by atoms with Gasteiger partial charge in [-0.05, 0) is 37.6 Å². The first-order valence-electron chi connectivity index (χ1n) is 7.30. The molecule has 0 saturated carbocycles. The van der Waals surface area contributed by atoms with Crippen LogP contribution in [0.4, 0.5) is 5.69 Å². The van der Waals surface area contributed by atoms with E-state index in [1.165, 1.54) is 0 Å². The minimum absolute atomic E-state index is 0.0133. The first kappa shape index (κ1) is 17.5. The minimum Gasteiger partial charge on any atom is -0.394 e. The molecule has 0 radical (unpaired) electrons. The van der Waals surface area contributed by atoms with E-state index >= 15 is 0 Å². The monoisotopic (exact) mass is 346 g/mol. The van der Waals surface area contributed by atoms with Crippen LogP contribution >= 0.6 is 23.2 Å². The van der Waals surface area contributed by atoms with Gasteiger partial charge < -0.3 is 15.2 Å². The zero-order valence-corrected chi connectivity index (χ0v) is 13.7. The molecular weight excluding hydrogens is 327 g/mol. The number of nitrogens with zero attached hydrogens (tertiary/aromatic N) is 1. The van der Waals surface area contributed by atoms with E-state index < -0.39 is 0 Å². The molecule has 0 aliphatic carbocycles. The van der Waals surface area contributed by atoms with E-state index in [0.29, 0.717) is 35.5 Å². The van der Waals surface area contributed by atoms with Gasteiger partial charge in [0, 0.05) is 22.3 Å². The maximum atomic E-state index is 12.4. The van der Waals surface area contributed by atoms with Crippen molar-refractivity contribution in [3.8, 4) is 0 Å². The highest BCUT2D eigenvalue weighted by Gasteiger charge is 2.30. The van der Waals surface area contributed by atoms with Crippen LogP contribution in [0.15, 0.2) is 18.2 Å². The quantitative estimate of drug-likeness (QED) is 0.744. The van der Waals surface area contributed by atoms with Crippen molar-refractivity contribution >= 4 is 34.8 Å². The Morgan fingerprint density at radius 3 is 2.73 bits per heavy atom. The summed E-state index contributed by atoms with van der Waals surface area (Å²) in [5.41, 5.74) is 0.603. The third-order valence-electron chi connectivity index (χ3n) is 3.55. The van der Waals surface area contributed by atoms with Crippen LogP contribution in [0.5, 0.6) is 0 Å². The van der Waals surface area contributed by atoms with E-state index in [-0.39, 0.29) is 18.6 Å². The summed E-state index contributed by atoms with van der Waals surface area (Å²) >= 11 is 11.9. The number of nitrogens with one attached hydrogen (secondary N) is 1. The summed E-state index contributed by atoms with van der Waals surface area (Å²) in [6, 6.07) is 4.80. The molecule has 1 unspecified atom stereocenters. The molecule has 1 aliphatic rings.